The van der Waals surface area contributed by atoms with E-state index in [1.807, 2.05) is 48.5 Å². The first-order valence-corrected chi connectivity index (χ1v) is 8.69. The third kappa shape index (κ3) is 3.23. The van der Waals surface area contributed by atoms with Crippen LogP contribution in [0.25, 0.3) is 22.2 Å². The van der Waals surface area contributed by atoms with Gasteiger partial charge in [-0.1, -0.05) is 41.6 Å². The molecule has 4 N–H and O–H groups in total. The van der Waals surface area contributed by atoms with Gasteiger partial charge >= 0.3 is 0 Å². The summed E-state index contributed by atoms with van der Waals surface area (Å²) < 4.78 is 19.6. The maximum atomic E-state index is 14.2. The molecule has 0 saturated heterocycles. The quantitative estimate of drug-likeness (QED) is 0.555. The van der Waals surface area contributed by atoms with Crippen molar-refractivity contribution < 1.29 is 13.7 Å². The zero-order valence-corrected chi connectivity index (χ0v) is 14.8. The average Bonchev–Trinajstić information content (AvgIpc) is 3.13. The van der Waals surface area contributed by atoms with E-state index < -0.39 is 17.8 Å². The van der Waals surface area contributed by atoms with E-state index in [4.69, 9.17) is 16.0 Å². The van der Waals surface area contributed by atoms with E-state index in [-0.39, 0.29) is 17.8 Å². The number of nitrogens with zero attached hydrogens (tertiary/aromatic N) is 2. The van der Waals surface area contributed by atoms with Crippen molar-refractivity contribution in [2.24, 2.45) is 11.5 Å². The maximum absolute atomic E-state index is 14.2. The lowest BCUT2D eigenvalue weighted by Crippen LogP contribution is -2.19. The highest BCUT2D eigenvalue weighted by atomic mass is 19.1. The van der Waals surface area contributed by atoms with Gasteiger partial charge in [-0.25, -0.2) is 9.37 Å². The molecule has 1 amide bonds. The molecule has 2 aromatic carbocycles. The first-order chi connectivity index (χ1) is 13.5. The number of benzene rings is 2. The lowest BCUT2D eigenvalue weighted by Gasteiger charge is -2.16. The Morgan fingerprint density at radius 2 is 1.82 bits per heavy atom. The van der Waals surface area contributed by atoms with Gasteiger partial charge < -0.3 is 16.0 Å². The fourth-order valence-electron chi connectivity index (χ4n) is 3.20. The molecule has 0 aliphatic rings. The van der Waals surface area contributed by atoms with Crippen molar-refractivity contribution in [3.05, 3.63) is 83.4 Å². The van der Waals surface area contributed by atoms with Crippen LogP contribution in [0.4, 0.5) is 4.39 Å². The molecular weight excluding hydrogens is 359 g/mol. The zero-order chi connectivity index (χ0) is 19.7. The summed E-state index contributed by atoms with van der Waals surface area (Å²) >= 11 is 0. The number of fused-ring (bicyclic) bond motifs is 1. The highest BCUT2D eigenvalue weighted by Crippen LogP contribution is 2.33. The average molecular weight is 376 g/mol. The number of rotatable bonds is 5. The largest absolute Gasteiger partial charge is 0.364 e. The molecule has 4 rings (SSSR count). The molecule has 4 aromatic rings. The number of primary amides is 1. The minimum Gasteiger partial charge on any atom is -0.364 e. The highest BCUT2D eigenvalue weighted by molar-refractivity contribution is 5.92. The van der Waals surface area contributed by atoms with Crippen LogP contribution in [0.15, 0.2) is 65.2 Å². The van der Waals surface area contributed by atoms with E-state index in [9.17, 15) is 9.18 Å². The molecule has 7 heteroatoms. The molecule has 6 nitrogen and oxygen atoms in total. The number of para-hydroxylation sites is 1. The summed E-state index contributed by atoms with van der Waals surface area (Å²) in [6.45, 7) is 0. The summed E-state index contributed by atoms with van der Waals surface area (Å²) in [6.07, 6.45) is 0.0970. The van der Waals surface area contributed by atoms with Gasteiger partial charge in [-0.15, -0.1) is 0 Å². The van der Waals surface area contributed by atoms with Crippen LogP contribution in [0.2, 0.25) is 0 Å². The lowest BCUT2D eigenvalue weighted by molar-refractivity contribution is 0.0995. The molecule has 0 saturated carbocycles. The fraction of sp³-hybridized carbons (Fsp3) is 0.0952. The molecule has 0 bridgehead atoms. The number of aromatic nitrogens is 2. The highest BCUT2D eigenvalue weighted by Gasteiger charge is 2.20. The summed E-state index contributed by atoms with van der Waals surface area (Å²) in [7, 11) is 0. The van der Waals surface area contributed by atoms with Crippen LogP contribution in [0.1, 0.15) is 27.8 Å². The Hall–Kier alpha value is -3.58. The van der Waals surface area contributed by atoms with Crippen molar-refractivity contribution in [3.8, 4) is 11.3 Å². The van der Waals surface area contributed by atoms with Crippen LogP contribution in [0.3, 0.4) is 0 Å². The van der Waals surface area contributed by atoms with Gasteiger partial charge in [-0.05, 0) is 29.8 Å². The third-order valence-electron chi connectivity index (χ3n) is 4.58. The summed E-state index contributed by atoms with van der Waals surface area (Å²) in [6, 6.07) is 16.9. The monoisotopic (exact) mass is 376 g/mol. The molecule has 0 fully saturated rings. The van der Waals surface area contributed by atoms with E-state index >= 15 is 0 Å². The second-order valence-corrected chi connectivity index (χ2v) is 6.41. The summed E-state index contributed by atoms with van der Waals surface area (Å²) in [5.74, 6) is -1.26. The van der Waals surface area contributed by atoms with Gasteiger partial charge in [-0.3, -0.25) is 4.79 Å². The summed E-state index contributed by atoms with van der Waals surface area (Å²) in [5.41, 5.74) is 14.6. The molecule has 0 aliphatic carbocycles. The van der Waals surface area contributed by atoms with E-state index in [2.05, 4.69) is 10.1 Å². The van der Waals surface area contributed by atoms with E-state index in [0.29, 0.717) is 11.3 Å². The van der Waals surface area contributed by atoms with Crippen LogP contribution in [0.5, 0.6) is 0 Å². The normalized spacial score (nSPS) is 12.2. The molecule has 0 aliphatic heterocycles. The summed E-state index contributed by atoms with van der Waals surface area (Å²) in [5, 5.41) is 5.05. The van der Waals surface area contributed by atoms with Crippen LogP contribution < -0.4 is 11.5 Å². The zero-order valence-electron chi connectivity index (χ0n) is 14.8. The molecule has 0 radical (unpaired) electrons. The molecule has 140 valence electrons. The molecule has 1 atom stereocenters. The standard InChI is InChI=1S/C21H17FN4O2/c22-15-9-10-17(21(24)27)25-18(15)11-16(23)12-5-1-2-6-13(12)20-14-7-3-4-8-19(14)28-26-20/h1-10,16H,11,23H2,(H2,24,27)/t16-/m0/s1. The van der Waals surface area contributed by atoms with Crippen LogP contribution in [-0.4, -0.2) is 16.0 Å². The van der Waals surface area contributed by atoms with Crippen molar-refractivity contribution >= 4 is 16.9 Å². The molecule has 2 aromatic heterocycles. The predicted octanol–water partition coefficient (Wildman–Crippen LogP) is 3.37. The number of amides is 1. The first-order valence-electron chi connectivity index (χ1n) is 8.69. The van der Waals surface area contributed by atoms with Crippen molar-refractivity contribution in [3.63, 3.8) is 0 Å². The smallest absolute Gasteiger partial charge is 0.267 e. The second-order valence-electron chi connectivity index (χ2n) is 6.41. The van der Waals surface area contributed by atoms with Gasteiger partial charge in [0.15, 0.2) is 5.58 Å². The topological polar surface area (TPSA) is 108 Å². The first kappa shape index (κ1) is 17.8. The molecule has 0 spiro atoms. The predicted molar refractivity (Wildman–Crippen MR) is 103 cm³/mol. The van der Waals surface area contributed by atoms with Gasteiger partial charge in [-0.2, -0.15) is 0 Å². The van der Waals surface area contributed by atoms with E-state index in [1.54, 1.807) is 0 Å². The number of nitrogens with two attached hydrogens (primary N) is 2. The summed E-state index contributed by atoms with van der Waals surface area (Å²) in [4.78, 5) is 15.4. The second kappa shape index (κ2) is 7.21. The van der Waals surface area contributed by atoms with Crippen LogP contribution in [-0.2, 0) is 6.42 Å². The molecule has 2 heterocycles. The Morgan fingerprint density at radius 1 is 1.07 bits per heavy atom. The minimum absolute atomic E-state index is 0.000574. The maximum Gasteiger partial charge on any atom is 0.267 e. The lowest BCUT2D eigenvalue weighted by atomic mass is 9.94. The SMILES string of the molecule is NC(=O)c1ccc(F)c(C[C@H](N)c2ccccc2-c2noc3ccccc23)n1. The Morgan fingerprint density at radius 3 is 2.64 bits per heavy atom. The molecule has 0 unspecified atom stereocenters. The van der Waals surface area contributed by atoms with Crippen molar-refractivity contribution in [2.75, 3.05) is 0 Å². The van der Waals surface area contributed by atoms with Crippen LogP contribution in [0, 0.1) is 5.82 Å². The van der Waals surface area contributed by atoms with Gasteiger partial charge in [0, 0.05) is 23.4 Å². The number of halogens is 1. The fourth-order valence-corrected chi connectivity index (χ4v) is 3.20. The van der Waals surface area contributed by atoms with Gasteiger partial charge in [0.1, 0.15) is 17.2 Å². The van der Waals surface area contributed by atoms with Crippen LogP contribution >= 0.6 is 0 Å². The van der Waals surface area contributed by atoms with E-state index in [0.717, 1.165) is 16.5 Å². The number of hydrogen-bond acceptors (Lipinski definition) is 5. The molecule has 28 heavy (non-hydrogen) atoms. The third-order valence-corrected chi connectivity index (χ3v) is 4.58. The number of carbonyl (C=O) groups is 1. The Bertz CT molecular complexity index is 1170. The van der Waals surface area contributed by atoms with Crippen molar-refractivity contribution in [1.29, 1.82) is 0 Å². The number of carbonyl (C=O) groups excluding carboxylic acids is 1. The van der Waals surface area contributed by atoms with Crippen molar-refractivity contribution in [1.82, 2.24) is 10.1 Å². The van der Waals surface area contributed by atoms with Gasteiger partial charge in [0.25, 0.3) is 5.91 Å². The van der Waals surface area contributed by atoms with Gasteiger partial charge in [0.05, 0.1) is 5.69 Å². The van der Waals surface area contributed by atoms with Crippen molar-refractivity contribution in [2.45, 2.75) is 12.5 Å². The molecular formula is C21H17FN4O2. The Kier molecular flexibility index (Phi) is 4.58. The number of hydrogen-bond donors (Lipinski definition) is 2. The number of pyridine rings is 1. The Labute approximate surface area is 160 Å². The minimum atomic E-state index is -0.718. The van der Waals surface area contributed by atoms with E-state index in [1.165, 1.54) is 12.1 Å². The Balaban J connectivity index is 1.73. The van der Waals surface area contributed by atoms with Gasteiger partial charge in [0.2, 0.25) is 0 Å².